The van der Waals surface area contributed by atoms with Crippen LogP contribution in [-0.2, 0) is 0 Å². The lowest BCUT2D eigenvalue weighted by Crippen LogP contribution is -2.19. The molecule has 0 bridgehead atoms. The Kier molecular flexibility index (Phi) is 2.71. The van der Waals surface area contributed by atoms with Crippen molar-refractivity contribution in [2.75, 3.05) is 29.5 Å². The van der Waals surface area contributed by atoms with Crippen molar-refractivity contribution in [2.45, 2.75) is 19.8 Å². The van der Waals surface area contributed by atoms with E-state index < -0.39 is 0 Å². The summed E-state index contributed by atoms with van der Waals surface area (Å²) in [5, 5.41) is 0. The molecule has 1 atom stereocenters. The van der Waals surface area contributed by atoms with Gasteiger partial charge in [0.25, 0.3) is 0 Å². The molecular weight excluding hydrogens is 186 g/mol. The fourth-order valence-electron chi connectivity index (χ4n) is 2.16. The Bertz CT molecular complexity index is 349. The van der Waals surface area contributed by atoms with Crippen LogP contribution < -0.4 is 16.4 Å². The topological polar surface area (TPSA) is 55.3 Å². The van der Waals surface area contributed by atoms with Gasteiger partial charge >= 0.3 is 0 Å². The number of nitrogens with zero attached hydrogens (tertiary/aromatic N) is 1. The van der Waals surface area contributed by atoms with E-state index in [1.54, 1.807) is 0 Å². The van der Waals surface area contributed by atoms with Gasteiger partial charge in [0, 0.05) is 18.8 Å². The van der Waals surface area contributed by atoms with Crippen molar-refractivity contribution < 1.29 is 0 Å². The molecule has 1 unspecified atom stereocenters. The van der Waals surface area contributed by atoms with Gasteiger partial charge in [-0.15, -0.1) is 0 Å². The first-order valence-corrected chi connectivity index (χ1v) is 5.60. The molecule has 0 aliphatic carbocycles. The summed E-state index contributed by atoms with van der Waals surface area (Å²) in [5.74, 6) is 0.837. The largest absolute Gasteiger partial charge is 0.397 e. The van der Waals surface area contributed by atoms with Crippen LogP contribution in [0.4, 0.5) is 17.1 Å². The number of anilines is 3. The zero-order valence-electron chi connectivity index (χ0n) is 9.24. The first-order chi connectivity index (χ1) is 7.20. The van der Waals surface area contributed by atoms with E-state index in [4.69, 9.17) is 11.5 Å². The molecule has 1 aliphatic heterocycles. The molecule has 0 saturated carbocycles. The van der Waals surface area contributed by atoms with E-state index in [-0.39, 0.29) is 0 Å². The van der Waals surface area contributed by atoms with E-state index in [1.165, 1.54) is 18.5 Å². The maximum Gasteiger partial charge on any atom is 0.0568 e. The Morgan fingerprint density at radius 2 is 2.13 bits per heavy atom. The highest BCUT2D eigenvalue weighted by molar-refractivity contribution is 5.70. The summed E-state index contributed by atoms with van der Waals surface area (Å²) < 4.78 is 0. The van der Waals surface area contributed by atoms with Crippen LogP contribution in [0, 0.1) is 5.92 Å². The van der Waals surface area contributed by atoms with Gasteiger partial charge in [-0.2, -0.15) is 0 Å². The SMILES string of the molecule is CCC1CCN(c2ccc(N)c(N)c2)C1. The minimum absolute atomic E-state index is 0.671. The molecule has 0 aromatic heterocycles. The molecule has 0 radical (unpaired) electrons. The van der Waals surface area contributed by atoms with Crippen LogP contribution in [0.25, 0.3) is 0 Å². The van der Waals surface area contributed by atoms with Crippen molar-refractivity contribution in [1.29, 1.82) is 0 Å². The maximum absolute atomic E-state index is 5.80. The minimum Gasteiger partial charge on any atom is -0.397 e. The molecular formula is C12H19N3. The van der Waals surface area contributed by atoms with E-state index in [0.29, 0.717) is 11.4 Å². The molecule has 1 aromatic rings. The quantitative estimate of drug-likeness (QED) is 0.727. The number of hydrogen-bond acceptors (Lipinski definition) is 3. The summed E-state index contributed by atoms with van der Waals surface area (Å²) >= 11 is 0. The van der Waals surface area contributed by atoms with Crippen LogP contribution in [0.5, 0.6) is 0 Å². The van der Waals surface area contributed by atoms with Crippen LogP contribution in [0.15, 0.2) is 18.2 Å². The number of rotatable bonds is 2. The van der Waals surface area contributed by atoms with Gasteiger partial charge in [0.2, 0.25) is 0 Å². The molecule has 15 heavy (non-hydrogen) atoms. The van der Waals surface area contributed by atoms with Gasteiger partial charge in [0.1, 0.15) is 0 Å². The molecule has 3 nitrogen and oxygen atoms in total. The normalized spacial score (nSPS) is 20.9. The zero-order valence-corrected chi connectivity index (χ0v) is 9.24. The third-order valence-electron chi connectivity index (χ3n) is 3.30. The highest BCUT2D eigenvalue weighted by atomic mass is 15.1. The zero-order chi connectivity index (χ0) is 10.8. The highest BCUT2D eigenvalue weighted by Crippen LogP contribution is 2.28. The average molecular weight is 205 g/mol. The van der Waals surface area contributed by atoms with E-state index in [1.807, 2.05) is 12.1 Å². The maximum atomic E-state index is 5.80. The lowest BCUT2D eigenvalue weighted by molar-refractivity contribution is 0.569. The van der Waals surface area contributed by atoms with Gasteiger partial charge in [0.05, 0.1) is 11.4 Å². The number of nitrogen functional groups attached to an aromatic ring is 2. The number of benzene rings is 1. The molecule has 0 spiro atoms. The van der Waals surface area contributed by atoms with Gasteiger partial charge in [-0.25, -0.2) is 0 Å². The second-order valence-electron chi connectivity index (χ2n) is 4.32. The van der Waals surface area contributed by atoms with Crippen molar-refractivity contribution >= 4 is 17.1 Å². The fourth-order valence-corrected chi connectivity index (χ4v) is 2.16. The minimum atomic E-state index is 0.671. The molecule has 0 amide bonds. The summed E-state index contributed by atoms with van der Waals surface area (Å²) in [6.07, 6.45) is 2.56. The Morgan fingerprint density at radius 1 is 1.33 bits per heavy atom. The third kappa shape index (κ3) is 2.01. The molecule has 1 fully saturated rings. The van der Waals surface area contributed by atoms with E-state index in [2.05, 4.69) is 17.9 Å². The van der Waals surface area contributed by atoms with Crippen molar-refractivity contribution in [3.05, 3.63) is 18.2 Å². The number of hydrogen-bond donors (Lipinski definition) is 2. The van der Waals surface area contributed by atoms with Crippen LogP contribution >= 0.6 is 0 Å². The molecule has 4 N–H and O–H groups in total. The van der Waals surface area contributed by atoms with Crippen molar-refractivity contribution in [3.8, 4) is 0 Å². The van der Waals surface area contributed by atoms with Crippen LogP contribution in [0.2, 0.25) is 0 Å². The fraction of sp³-hybridized carbons (Fsp3) is 0.500. The molecule has 1 heterocycles. The van der Waals surface area contributed by atoms with Gasteiger partial charge in [-0.1, -0.05) is 13.3 Å². The predicted octanol–water partition coefficient (Wildman–Crippen LogP) is 2.09. The molecule has 3 heteroatoms. The van der Waals surface area contributed by atoms with Crippen molar-refractivity contribution in [1.82, 2.24) is 0 Å². The predicted molar refractivity (Wildman–Crippen MR) is 65.9 cm³/mol. The van der Waals surface area contributed by atoms with Crippen LogP contribution in [-0.4, -0.2) is 13.1 Å². The summed E-state index contributed by atoms with van der Waals surface area (Å²) in [6, 6.07) is 5.93. The van der Waals surface area contributed by atoms with E-state index in [9.17, 15) is 0 Å². The molecule has 82 valence electrons. The summed E-state index contributed by atoms with van der Waals surface area (Å²) in [6.45, 7) is 4.55. The summed E-state index contributed by atoms with van der Waals surface area (Å²) in [4.78, 5) is 2.39. The Morgan fingerprint density at radius 3 is 2.73 bits per heavy atom. The molecule has 1 saturated heterocycles. The Hall–Kier alpha value is -1.38. The molecule has 1 aliphatic rings. The molecule has 2 rings (SSSR count). The lowest BCUT2D eigenvalue weighted by atomic mass is 10.1. The average Bonchev–Trinajstić information content (AvgIpc) is 2.70. The van der Waals surface area contributed by atoms with Gasteiger partial charge in [-0.3, -0.25) is 0 Å². The van der Waals surface area contributed by atoms with Crippen molar-refractivity contribution in [2.24, 2.45) is 5.92 Å². The third-order valence-corrected chi connectivity index (χ3v) is 3.30. The second kappa shape index (κ2) is 4.01. The summed E-state index contributed by atoms with van der Waals surface area (Å²) in [7, 11) is 0. The Balaban J connectivity index is 2.13. The van der Waals surface area contributed by atoms with E-state index >= 15 is 0 Å². The Labute approximate surface area is 91.1 Å². The van der Waals surface area contributed by atoms with Gasteiger partial charge < -0.3 is 16.4 Å². The van der Waals surface area contributed by atoms with Gasteiger partial charge in [0.15, 0.2) is 0 Å². The first kappa shape index (κ1) is 10.1. The highest BCUT2D eigenvalue weighted by Gasteiger charge is 2.21. The standard InChI is InChI=1S/C12H19N3/c1-2-9-5-6-15(8-9)10-3-4-11(13)12(14)7-10/h3-4,7,9H,2,5-6,8,13-14H2,1H3. The lowest BCUT2D eigenvalue weighted by Gasteiger charge is -2.19. The molecule has 1 aromatic carbocycles. The first-order valence-electron chi connectivity index (χ1n) is 5.60. The second-order valence-corrected chi connectivity index (χ2v) is 4.32. The van der Waals surface area contributed by atoms with E-state index in [0.717, 1.165) is 19.0 Å². The van der Waals surface area contributed by atoms with Crippen LogP contribution in [0.1, 0.15) is 19.8 Å². The monoisotopic (exact) mass is 205 g/mol. The van der Waals surface area contributed by atoms with Gasteiger partial charge in [-0.05, 0) is 30.5 Å². The van der Waals surface area contributed by atoms with Crippen LogP contribution in [0.3, 0.4) is 0 Å². The van der Waals surface area contributed by atoms with Crippen molar-refractivity contribution in [3.63, 3.8) is 0 Å². The summed E-state index contributed by atoms with van der Waals surface area (Å²) in [5.41, 5.74) is 14.1. The number of nitrogens with two attached hydrogens (primary N) is 2. The smallest absolute Gasteiger partial charge is 0.0568 e.